The van der Waals surface area contributed by atoms with Gasteiger partial charge in [0.2, 0.25) is 0 Å². The summed E-state index contributed by atoms with van der Waals surface area (Å²) in [6.45, 7) is -0.779. The molecule has 0 fully saturated rings. The number of carbonyl (C=O) groups is 1. The van der Waals surface area contributed by atoms with Crippen LogP contribution in [0.25, 0.3) is 11.1 Å². The molecule has 1 aromatic carbocycles. The smallest absolute Gasteiger partial charge is 0.336 e. The predicted octanol–water partition coefficient (Wildman–Crippen LogP) is 2.58. The molecule has 0 radical (unpaired) electrons. The van der Waals surface area contributed by atoms with Crippen LogP contribution in [0.5, 0.6) is 5.75 Å². The van der Waals surface area contributed by atoms with Gasteiger partial charge in [-0.2, -0.15) is 10.4 Å². The molecule has 3 aromatic rings. The first kappa shape index (κ1) is 22.6. The van der Waals surface area contributed by atoms with E-state index in [2.05, 4.69) is 21.5 Å². The zero-order chi connectivity index (χ0) is 23.4. The summed E-state index contributed by atoms with van der Waals surface area (Å²) in [6, 6.07) is 6.45. The van der Waals surface area contributed by atoms with E-state index in [4.69, 9.17) is 10.5 Å². The van der Waals surface area contributed by atoms with Crippen LogP contribution in [0.15, 0.2) is 30.5 Å². The van der Waals surface area contributed by atoms with Crippen LogP contribution in [-0.2, 0) is 13.6 Å². The minimum Gasteiger partial charge on any atom is -0.479 e. The van der Waals surface area contributed by atoms with Gasteiger partial charge in [-0.15, -0.1) is 0 Å². The van der Waals surface area contributed by atoms with Crippen LogP contribution in [0.1, 0.15) is 33.4 Å². The second kappa shape index (κ2) is 9.40. The van der Waals surface area contributed by atoms with Crippen molar-refractivity contribution in [3.05, 3.63) is 58.8 Å². The number of pyridine rings is 1. The molecule has 0 aliphatic carbocycles. The van der Waals surface area contributed by atoms with Gasteiger partial charge >= 0.3 is 5.97 Å². The maximum Gasteiger partial charge on any atom is 0.336 e. The molecule has 9 nitrogen and oxygen atoms in total. The van der Waals surface area contributed by atoms with Gasteiger partial charge in [-0.1, -0.05) is 0 Å². The number of nitrogens with zero attached hydrogens (tertiary/aromatic N) is 4. The van der Waals surface area contributed by atoms with Crippen LogP contribution < -0.4 is 15.8 Å². The Balaban J connectivity index is 2.07. The predicted molar refractivity (Wildman–Crippen MR) is 111 cm³/mol. The lowest BCUT2D eigenvalue weighted by Gasteiger charge is -2.19. The Hall–Kier alpha value is -4.04. The van der Waals surface area contributed by atoms with Gasteiger partial charge in [0, 0.05) is 36.5 Å². The van der Waals surface area contributed by atoms with Gasteiger partial charge in [0.05, 0.1) is 11.3 Å². The third-order valence-electron chi connectivity index (χ3n) is 4.74. The third kappa shape index (κ3) is 4.35. The quantitative estimate of drug-likeness (QED) is 0.484. The number of alkyl halides is 1. The summed E-state index contributed by atoms with van der Waals surface area (Å²) in [7, 11) is 3.35. The number of halogens is 2. The first-order valence-corrected chi connectivity index (χ1v) is 9.42. The normalized spacial score (nSPS) is 11.7. The molecule has 166 valence electrons. The number of nitrogens with two attached hydrogens (primary N) is 1. The number of anilines is 1. The second-order valence-corrected chi connectivity index (χ2v) is 6.84. The molecule has 0 aliphatic heterocycles. The highest BCUT2D eigenvalue weighted by Crippen LogP contribution is 2.34. The van der Waals surface area contributed by atoms with Crippen molar-refractivity contribution in [2.24, 2.45) is 7.05 Å². The Kier molecular flexibility index (Phi) is 6.65. The van der Waals surface area contributed by atoms with E-state index in [-0.39, 0.29) is 28.4 Å². The van der Waals surface area contributed by atoms with Gasteiger partial charge in [-0.3, -0.25) is 4.68 Å². The third-order valence-corrected chi connectivity index (χ3v) is 4.74. The molecule has 0 aliphatic rings. The van der Waals surface area contributed by atoms with E-state index >= 15 is 0 Å². The number of hydrogen-bond acceptors (Lipinski definition) is 7. The molecule has 3 rings (SSSR count). The second-order valence-electron chi connectivity index (χ2n) is 6.84. The number of nitrogens with one attached hydrogen (secondary N) is 1. The summed E-state index contributed by atoms with van der Waals surface area (Å²) in [4.78, 5) is 15.6. The lowest BCUT2D eigenvalue weighted by atomic mass is 10.0. The molecule has 0 bridgehead atoms. The zero-order valence-electron chi connectivity index (χ0n) is 17.3. The Labute approximate surface area is 182 Å². The Morgan fingerprint density at radius 2 is 2.19 bits per heavy atom. The van der Waals surface area contributed by atoms with Crippen LogP contribution in [-0.4, -0.2) is 39.6 Å². The largest absolute Gasteiger partial charge is 0.479 e. The molecule has 2 heterocycles. The average molecular weight is 442 g/mol. The maximum atomic E-state index is 13.9. The zero-order valence-corrected chi connectivity index (χ0v) is 17.3. The number of aromatic carboxylic acids is 1. The van der Waals surface area contributed by atoms with Gasteiger partial charge in [-0.05, 0) is 31.3 Å². The molecule has 4 N–H and O–H groups in total. The van der Waals surface area contributed by atoms with E-state index in [0.29, 0.717) is 23.4 Å². The molecule has 1 unspecified atom stereocenters. The van der Waals surface area contributed by atoms with Crippen molar-refractivity contribution in [3.63, 3.8) is 0 Å². The van der Waals surface area contributed by atoms with Crippen molar-refractivity contribution in [2.45, 2.75) is 12.6 Å². The molecular weight excluding hydrogens is 422 g/mol. The molecule has 32 heavy (non-hydrogen) atoms. The summed E-state index contributed by atoms with van der Waals surface area (Å²) >= 11 is 0. The van der Waals surface area contributed by atoms with Crippen LogP contribution in [0.4, 0.5) is 14.6 Å². The minimum atomic E-state index is -1.45. The molecule has 0 spiro atoms. The first-order valence-electron chi connectivity index (χ1n) is 9.42. The highest BCUT2D eigenvalue weighted by Gasteiger charge is 2.24. The summed E-state index contributed by atoms with van der Waals surface area (Å²) in [5.41, 5.74) is 7.21. The van der Waals surface area contributed by atoms with Crippen molar-refractivity contribution < 1.29 is 23.4 Å². The summed E-state index contributed by atoms with van der Waals surface area (Å²) in [5.74, 6) is -2.22. The van der Waals surface area contributed by atoms with Crippen molar-refractivity contribution in [3.8, 4) is 22.9 Å². The first-order chi connectivity index (χ1) is 15.3. The van der Waals surface area contributed by atoms with Gasteiger partial charge in [0.15, 0.2) is 17.7 Å². The topological polar surface area (TPSA) is 139 Å². The number of ether oxygens (including phenoxy) is 1. The molecule has 0 amide bonds. The minimum absolute atomic E-state index is 0.0473. The molecule has 11 heteroatoms. The maximum absolute atomic E-state index is 13.9. The average Bonchev–Trinajstić information content (AvgIpc) is 3.08. The number of carboxylic acids is 1. The number of nitrogen functional groups attached to an aromatic ring is 1. The monoisotopic (exact) mass is 442 g/mol. The number of nitriles is 1. The van der Waals surface area contributed by atoms with Crippen molar-refractivity contribution >= 4 is 11.8 Å². The van der Waals surface area contributed by atoms with Crippen molar-refractivity contribution in [1.82, 2.24) is 20.1 Å². The van der Waals surface area contributed by atoms with Gasteiger partial charge in [0.1, 0.15) is 24.3 Å². The number of carboxylic acid groups (broad SMARTS) is 1. The SMILES string of the molecule is CNCc1nn(C)c(C#N)c1-c1cnc(N)c(OC(CF)c2cc(F)ccc2C(=O)O)c1. The fraction of sp³-hybridized carbons (Fsp3) is 0.238. The number of benzene rings is 1. The van der Waals surface area contributed by atoms with E-state index in [1.807, 2.05) is 0 Å². The van der Waals surface area contributed by atoms with Crippen molar-refractivity contribution in [1.29, 1.82) is 5.26 Å². The lowest BCUT2D eigenvalue weighted by molar-refractivity contribution is 0.0689. The van der Waals surface area contributed by atoms with Crippen molar-refractivity contribution in [2.75, 3.05) is 19.5 Å². The van der Waals surface area contributed by atoms with Crippen LogP contribution in [0.2, 0.25) is 0 Å². The number of aryl methyl sites for hydroxylation is 1. The fourth-order valence-corrected chi connectivity index (χ4v) is 3.31. The summed E-state index contributed by atoms with van der Waals surface area (Å²) in [6.07, 6.45) is -0.0219. The van der Waals surface area contributed by atoms with E-state index in [1.54, 1.807) is 14.1 Å². The Morgan fingerprint density at radius 1 is 1.44 bits per heavy atom. The van der Waals surface area contributed by atoms with E-state index in [1.165, 1.54) is 16.9 Å². The molecular formula is C21H20F2N6O3. The number of rotatable bonds is 8. The molecule has 0 saturated carbocycles. The highest BCUT2D eigenvalue weighted by atomic mass is 19.1. The fourth-order valence-electron chi connectivity index (χ4n) is 3.31. The number of aromatic nitrogens is 3. The van der Waals surface area contributed by atoms with E-state index in [0.717, 1.165) is 18.2 Å². The van der Waals surface area contributed by atoms with Gasteiger partial charge < -0.3 is 20.9 Å². The lowest BCUT2D eigenvalue weighted by Crippen LogP contribution is -2.16. The van der Waals surface area contributed by atoms with Gasteiger partial charge in [0.25, 0.3) is 0 Å². The Morgan fingerprint density at radius 3 is 2.81 bits per heavy atom. The summed E-state index contributed by atoms with van der Waals surface area (Å²) in [5, 5.41) is 26.2. The van der Waals surface area contributed by atoms with Gasteiger partial charge in [-0.25, -0.2) is 18.6 Å². The molecule has 1 atom stereocenters. The molecule has 2 aromatic heterocycles. The highest BCUT2D eigenvalue weighted by molar-refractivity contribution is 5.89. The van der Waals surface area contributed by atoms with E-state index in [9.17, 15) is 23.9 Å². The van der Waals surface area contributed by atoms with E-state index < -0.39 is 24.6 Å². The summed E-state index contributed by atoms with van der Waals surface area (Å²) < 4.78 is 34.7. The molecule has 0 saturated heterocycles. The number of hydrogen-bond donors (Lipinski definition) is 3. The Bertz CT molecular complexity index is 1200. The van der Waals surface area contributed by atoms with Crippen LogP contribution >= 0.6 is 0 Å². The van der Waals surface area contributed by atoms with Crippen LogP contribution in [0, 0.1) is 17.1 Å². The standard InChI is InChI=1S/C21H20F2N6O3/c1-26-10-15-19(16(8-24)29(2)28-15)11-5-17(20(25)27-9-11)32-18(7-22)14-6-12(23)3-4-13(14)21(30)31/h3-6,9,18,26H,7,10H2,1-2H3,(H2,25,27)(H,30,31). The van der Waals surface area contributed by atoms with Crippen LogP contribution in [0.3, 0.4) is 0 Å².